The van der Waals surface area contributed by atoms with Crippen molar-refractivity contribution in [3.05, 3.63) is 58.6 Å². The molecule has 1 aliphatic heterocycles. The molecule has 0 radical (unpaired) electrons. The Labute approximate surface area is 158 Å². The van der Waals surface area contributed by atoms with Crippen LogP contribution in [-0.4, -0.2) is 18.4 Å². The quantitative estimate of drug-likeness (QED) is 0.767. The van der Waals surface area contributed by atoms with Gasteiger partial charge in [-0.3, -0.25) is 9.59 Å². The first-order chi connectivity index (χ1) is 12.7. The Morgan fingerprint density at radius 1 is 1.22 bits per heavy atom. The maximum Gasteiger partial charge on any atom is 0.416 e. The smallest absolute Gasteiger partial charge is 0.325 e. The number of alkyl halides is 3. The minimum atomic E-state index is -4.51. The normalized spacial score (nSPS) is 17.3. The summed E-state index contributed by atoms with van der Waals surface area (Å²) in [6.45, 7) is 2.18. The highest BCUT2D eigenvalue weighted by molar-refractivity contribution is 6.34. The Morgan fingerprint density at radius 3 is 2.63 bits per heavy atom. The van der Waals surface area contributed by atoms with Gasteiger partial charge < -0.3 is 10.2 Å². The van der Waals surface area contributed by atoms with Gasteiger partial charge >= 0.3 is 6.18 Å². The lowest BCUT2D eigenvalue weighted by Gasteiger charge is -2.18. The predicted molar refractivity (Wildman–Crippen MR) is 96.7 cm³/mol. The van der Waals surface area contributed by atoms with E-state index in [1.165, 1.54) is 17.0 Å². The van der Waals surface area contributed by atoms with Crippen LogP contribution in [0.15, 0.2) is 42.5 Å². The van der Waals surface area contributed by atoms with E-state index in [4.69, 9.17) is 11.6 Å². The maximum atomic E-state index is 12.8. The largest absolute Gasteiger partial charge is 0.416 e. The van der Waals surface area contributed by atoms with Crippen molar-refractivity contribution in [3.8, 4) is 0 Å². The first kappa shape index (κ1) is 19.2. The molecule has 1 heterocycles. The molecule has 8 heteroatoms. The van der Waals surface area contributed by atoms with Crippen molar-refractivity contribution in [2.24, 2.45) is 5.92 Å². The molecule has 3 rings (SSSR count). The second kappa shape index (κ2) is 7.23. The molecule has 0 aliphatic carbocycles. The highest BCUT2D eigenvalue weighted by Gasteiger charge is 2.38. The van der Waals surface area contributed by atoms with E-state index in [2.05, 4.69) is 5.32 Å². The van der Waals surface area contributed by atoms with E-state index >= 15 is 0 Å². The predicted octanol–water partition coefficient (Wildman–Crippen LogP) is 4.66. The monoisotopic (exact) mass is 396 g/mol. The van der Waals surface area contributed by atoms with Gasteiger partial charge in [-0.1, -0.05) is 23.7 Å². The van der Waals surface area contributed by atoms with Gasteiger partial charge in [-0.15, -0.1) is 0 Å². The van der Waals surface area contributed by atoms with Crippen LogP contribution in [0.1, 0.15) is 17.5 Å². The molecule has 142 valence electrons. The molecule has 2 aromatic rings. The average Bonchev–Trinajstić information content (AvgIpc) is 2.96. The molecular weight excluding hydrogens is 381 g/mol. The number of halogens is 4. The van der Waals surface area contributed by atoms with Crippen LogP contribution in [0.5, 0.6) is 0 Å². The molecule has 1 atom stereocenters. The Morgan fingerprint density at radius 2 is 1.96 bits per heavy atom. The highest BCUT2D eigenvalue weighted by Crippen LogP contribution is 2.33. The fourth-order valence-electron chi connectivity index (χ4n) is 3.00. The van der Waals surface area contributed by atoms with Crippen molar-refractivity contribution in [1.29, 1.82) is 0 Å². The number of amides is 2. The first-order valence-electron chi connectivity index (χ1n) is 8.22. The van der Waals surface area contributed by atoms with E-state index in [0.717, 1.165) is 17.7 Å². The number of anilines is 2. The van der Waals surface area contributed by atoms with Crippen LogP contribution in [0, 0.1) is 12.8 Å². The molecule has 1 aliphatic rings. The summed E-state index contributed by atoms with van der Waals surface area (Å²) in [5.41, 5.74) is 0.580. The Balaban J connectivity index is 1.74. The summed E-state index contributed by atoms with van der Waals surface area (Å²) in [5, 5.41) is 2.81. The summed E-state index contributed by atoms with van der Waals surface area (Å²) < 4.78 is 38.4. The lowest BCUT2D eigenvalue weighted by atomic mass is 10.1. The first-order valence-corrected chi connectivity index (χ1v) is 8.60. The lowest BCUT2D eigenvalue weighted by molar-refractivity contribution is -0.137. The van der Waals surface area contributed by atoms with E-state index < -0.39 is 29.5 Å². The van der Waals surface area contributed by atoms with Gasteiger partial charge in [0.15, 0.2) is 0 Å². The molecule has 0 aromatic heterocycles. The third-order valence-corrected chi connectivity index (χ3v) is 4.68. The fourth-order valence-corrected chi connectivity index (χ4v) is 3.33. The molecule has 0 bridgehead atoms. The minimum absolute atomic E-state index is 0.00515. The Hall–Kier alpha value is -2.54. The van der Waals surface area contributed by atoms with Gasteiger partial charge in [-0.2, -0.15) is 13.2 Å². The van der Waals surface area contributed by atoms with Gasteiger partial charge in [0.2, 0.25) is 11.8 Å². The van der Waals surface area contributed by atoms with Crippen LogP contribution in [0.4, 0.5) is 24.5 Å². The summed E-state index contributed by atoms with van der Waals surface area (Å²) in [4.78, 5) is 26.5. The summed E-state index contributed by atoms with van der Waals surface area (Å²) >= 11 is 6.19. The average molecular weight is 397 g/mol. The van der Waals surface area contributed by atoms with Crippen molar-refractivity contribution < 1.29 is 22.8 Å². The van der Waals surface area contributed by atoms with Crippen molar-refractivity contribution in [3.63, 3.8) is 0 Å². The molecule has 27 heavy (non-hydrogen) atoms. The number of hydrogen-bond acceptors (Lipinski definition) is 2. The van der Waals surface area contributed by atoms with E-state index in [0.29, 0.717) is 17.3 Å². The van der Waals surface area contributed by atoms with Gasteiger partial charge in [-0.05, 0) is 49.2 Å². The summed E-state index contributed by atoms with van der Waals surface area (Å²) in [6.07, 6.45) is -4.25. The molecule has 0 unspecified atom stereocenters. The molecular formula is C19H16ClF3N2O2. The molecule has 2 amide bonds. The van der Waals surface area contributed by atoms with E-state index in [9.17, 15) is 22.8 Å². The molecule has 1 fully saturated rings. The van der Waals surface area contributed by atoms with E-state index in [1.807, 2.05) is 13.0 Å². The zero-order valence-electron chi connectivity index (χ0n) is 14.3. The number of carbonyl (C=O) groups is 2. The van der Waals surface area contributed by atoms with Crippen LogP contribution >= 0.6 is 11.6 Å². The van der Waals surface area contributed by atoms with Gasteiger partial charge in [-0.25, -0.2) is 0 Å². The number of carbonyl (C=O) groups excluding carboxylic acids is 2. The summed E-state index contributed by atoms with van der Waals surface area (Å²) in [5.74, 6) is -2.03. The van der Waals surface area contributed by atoms with Crippen molar-refractivity contribution in [2.75, 3.05) is 16.8 Å². The lowest BCUT2D eigenvalue weighted by Crippen LogP contribution is -2.33. The Bertz CT molecular complexity index is 899. The molecule has 1 N–H and O–H groups in total. The minimum Gasteiger partial charge on any atom is -0.325 e. The van der Waals surface area contributed by atoms with Crippen LogP contribution in [0.2, 0.25) is 5.02 Å². The van der Waals surface area contributed by atoms with Crippen molar-refractivity contribution >= 4 is 34.8 Å². The molecule has 2 aromatic carbocycles. The SMILES string of the molecule is Cc1ccc(N2CC[C@H](C(=O)Nc3cccc(C(F)(F)F)c3)C2=O)c(Cl)c1. The molecule has 4 nitrogen and oxygen atoms in total. The van der Waals surface area contributed by atoms with Crippen LogP contribution < -0.4 is 10.2 Å². The van der Waals surface area contributed by atoms with Gasteiger partial charge in [0.25, 0.3) is 0 Å². The van der Waals surface area contributed by atoms with Crippen molar-refractivity contribution in [2.45, 2.75) is 19.5 Å². The molecule has 0 spiro atoms. The van der Waals surface area contributed by atoms with Gasteiger partial charge in [0, 0.05) is 12.2 Å². The third-order valence-electron chi connectivity index (χ3n) is 4.37. The molecule has 0 saturated carbocycles. The molecule has 1 saturated heterocycles. The second-order valence-corrected chi connectivity index (χ2v) is 6.76. The second-order valence-electron chi connectivity index (χ2n) is 6.35. The Kier molecular flexibility index (Phi) is 5.15. The van der Waals surface area contributed by atoms with Crippen LogP contribution in [-0.2, 0) is 15.8 Å². The number of nitrogens with zero attached hydrogens (tertiary/aromatic N) is 1. The standard InChI is InChI=1S/C19H16ClF3N2O2/c1-11-5-6-16(15(20)9-11)25-8-7-14(18(25)27)17(26)24-13-4-2-3-12(10-13)19(21,22)23/h2-6,9-10,14H,7-8H2,1H3,(H,24,26)/t14-/m1/s1. The van der Waals surface area contributed by atoms with Gasteiger partial charge in [0.1, 0.15) is 5.92 Å². The van der Waals surface area contributed by atoms with Crippen molar-refractivity contribution in [1.82, 2.24) is 0 Å². The van der Waals surface area contributed by atoms with E-state index in [1.54, 1.807) is 12.1 Å². The number of benzene rings is 2. The topological polar surface area (TPSA) is 49.4 Å². The zero-order chi connectivity index (χ0) is 19.8. The number of hydrogen-bond donors (Lipinski definition) is 1. The zero-order valence-corrected chi connectivity index (χ0v) is 15.1. The van der Waals surface area contributed by atoms with Crippen LogP contribution in [0.3, 0.4) is 0 Å². The maximum absolute atomic E-state index is 12.8. The van der Waals surface area contributed by atoms with E-state index in [-0.39, 0.29) is 12.1 Å². The number of rotatable bonds is 3. The van der Waals surface area contributed by atoms with Crippen LogP contribution in [0.25, 0.3) is 0 Å². The number of aryl methyl sites for hydroxylation is 1. The fraction of sp³-hybridized carbons (Fsp3) is 0.263. The number of nitrogens with one attached hydrogen (secondary N) is 1. The highest BCUT2D eigenvalue weighted by atomic mass is 35.5. The summed E-state index contributed by atoms with van der Waals surface area (Å²) in [7, 11) is 0. The third kappa shape index (κ3) is 4.08. The van der Waals surface area contributed by atoms with Gasteiger partial charge in [0.05, 0.1) is 16.3 Å². The summed E-state index contributed by atoms with van der Waals surface area (Å²) in [6, 6.07) is 9.55.